The highest BCUT2D eigenvalue weighted by Gasteiger charge is 2.22. The molecule has 0 aliphatic heterocycles. The van der Waals surface area contributed by atoms with Gasteiger partial charge in [0, 0.05) is 0 Å². The van der Waals surface area contributed by atoms with E-state index in [1.807, 2.05) is 6.92 Å². The second-order valence-electron chi connectivity index (χ2n) is 7.74. The van der Waals surface area contributed by atoms with Gasteiger partial charge in [0.05, 0.1) is 0 Å². The summed E-state index contributed by atoms with van der Waals surface area (Å²) in [6.07, 6.45) is 15.8. The smallest absolute Gasteiger partial charge is 0.0136 e. The molecule has 2 aromatic rings. The van der Waals surface area contributed by atoms with Gasteiger partial charge in [0.15, 0.2) is 0 Å². The number of hydrogen-bond acceptors (Lipinski definition) is 1. The van der Waals surface area contributed by atoms with Crippen molar-refractivity contribution in [3.63, 3.8) is 0 Å². The monoisotopic (exact) mass is 379 g/mol. The molecule has 2 unspecified atom stereocenters. The molecule has 1 fully saturated rings. The van der Waals surface area contributed by atoms with Crippen molar-refractivity contribution >= 4 is 10.8 Å². The SMILES string of the molecule is C=CC.C=CN.CCC1CCCCC1CCCCc1cccc2ccccc12. The van der Waals surface area contributed by atoms with Crippen LogP contribution in [-0.4, -0.2) is 0 Å². The first kappa shape index (κ1) is 24.0. The Morgan fingerprint density at radius 2 is 1.57 bits per heavy atom. The molecule has 1 aliphatic rings. The van der Waals surface area contributed by atoms with E-state index in [1.54, 1.807) is 6.08 Å². The van der Waals surface area contributed by atoms with Gasteiger partial charge in [-0.2, -0.15) is 0 Å². The van der Waals surface area contributed by atoms with Gasteiger partial charge in [0.1, 0.15) is 0 Å². The fourth-order valence-corrected chi connectivity index (χ4v) is 4.43. The van der Waals surface area contributed by atoms with Crippen molar-refractivity contribution in [3.8, 4) is 0 Å². The molecule has 1 saturated carbocycles. The summed E-state index contributed by atoms with van der Waals surface area (Å²) in [6.45, 7) is 10.8. The number of benzene rings is 2. The fraction of sp³-hybridized carbons (Fsp3) is 0.481. The lowest BCUT2D eigenvalue weighted by Crippen LogP contribution is -2.18. The summed E-state index contributed by atoms with van der Waals surface area (Å²) in [4.78, 5) is 0. The van der Waals surface area contributed by atoms with E-state index in [1.165, 1.54) is 80.3 Å². The van der Waals surface area contributed by atoms with Crippen LogP contribution in [0.4, 0.5) is 0 Å². The topological polar surface area (TPSA) is 26.0 Å². The van der Waals surface area contributed by atoms with Gasteiger partial charge in [0.25, 0.3) is 0 Å². The second kappa shape index (κ2) is 15.0. The van der Waals surface area contributed by atoms with Gasteiger partial charge in [-0.05, 0) is 54.1 Å². The van der Waals surface area contributed by atoms with Crippen molar-refractivity contribution in [1.29, 1.82) is 0 Å². The Morgan fingerprint density at radius 1 is 0.964 bits per heavy atom. The minimum Gasteiger partial charge on any atom is -0.405 e. The number of hydrogen-bond donors (Lipinski definition) is 1. The highest BCUT2D eigenvalue weighted by Crippen LogP contribution is 2.35. The van der Waals surface area contributed by atoms with E-state index in [9.17, 15) is 0 Å². The van der Waals surface area contributed by atoms with Crippen LogP contribution in [0.2, 0.25) is 0 Å². The third kappa shape index (κ3) is 8.33. The van der Waals surface area contributed by atoms with E-state index < -0.39 is 0 Å². The number of unbranched alkanes of at least 4 members (excludes halogenated alkanes) is 1. The zero-order valence-electron chi connectivity index (χ0n) is 18.2. The van der Waals surface area contributed by atoms with Gasteiger partial charge in [-0.1, -0.05) is 107 Å². The summed E-state index contributed by atoms with van der Waals surface area (Å²) in [5.74, 6) is 2.04. The standard InChI is InChI=1S/C22H30.C3H6.C2H5N/c1-2-18-10-3-4-11-19(18)12-5-6-13-20-15-9-16-21-14-7-8-17-22(20)21;1-3-2;1-2-3/h7-9,14-19H,2-6,10-13H2,1H3;3H,1H2,2H3;2H,1,3H2. The fourth-order valence-electron chi connectivity index (χ4n) is 4.43. The first-order valence-corrected chi connectivity index (χ1v) is 11.1. The maximum absolute atomic E-state index is 4.61. The van der Waals surface area contributed by atoms with Gasteiger partial charge in [0.2, 0.25) is 0 Å². The second-order valence-corrected chi connectivity index (χ2v) is 7.74. The van der Waals surface area contributed by atoms with Crippen molar-refractivity contribution < 1.29 is 0 Å². The Kier molecular flexibility index (Phi) is 12.8. The van der Waals surface area contributed by atoms with Gasteiger partial charge < -0.3 is 5.73 Å². The van der Waals surface area contributed by atoms with E-state index in [-0.39, 0.29) is 0 Å². The summed E-state index contributed by atoms with van der Waals surface area (Å²) < 4.78 is 0. The molecule has 2 aromatic carbocycles. The quantitative estimate of drug-likeness (QED) is 0.398. The molecule has 1 aliphatic carbocycles. The Hall–Kier alpha value is -2.02. The van der Waals surface area contributed by atoms with Crippen LogP contribution in [0.5, 0.6) is 0 Å². The summed E-state index contributed by atoms with van der Waals surface area (Å²) >= 11 is 0. The van der Waals surface area contributed by atoms with Crippen molar-refractivity contribution in [2.24, 2.45) is 17.6 Å². The minimum absolute atomic E-state index is 1.02. The molecule has 0 aromatic heterocycles. The zero-order chi connectivity index (χ0) is 20.6. The van der Waals surface area contributed by atoms with Crippen LogP contribution < -0.4 is 5.73 Å². The Morgan fingerprint density at radius 3 is 2.25 bits per heavy atom. The summed E-state index contributed by atoms with van der Waals surface area (Å²) in [6, 6.07) is 15.6. The molecule has 0 bridgehead atoms. The molecule has 2 N–H and O–H groups in total. The molecule has 28 heavy (non-hydrogen) atoms. The molecule has 2 atom stereocenters. The van der Waals surface area contributed by atoms with Gasteiger partial charge in [-0.3, -0.25) is 0 Å². The zero-order valence-corrected chi connectivity index (χ0v) is 18.2. The van der Waals surface area contributed by atoms with E-state index in [0.717, 1.165) is 11.8 Å². The van der Waals surface area contributed by atoms with Crippen LogP contribution in [0.25, 0.3) is 10.8 Å². The maximum Gasteiger partial charge on any atom is -0.0136 e. The van der Waals surface area contributed by atoms with E-state index in [2.05, 4.69) is 68.3 Å². The van der Waals surface area contributed by atoms with Crippen molar-refractivity contribution in [3.05, 3.63) is 73.5 Å². The van der Waals surface area contributed by atoms with Crippen molar-refractivity contribution in [1.82, 2.24) is 0 Å². The minimum atomic E-state index is 1.02. The number of aryl methyl sites for hydroxylation is 1. The Bertz CT molecular complexity index is 662. The van der Waals surface area contributed by atoms with Crippen LogP contribution in [-0.2, 0) is 6.42 Å². The normalized spacial score (nSPS) is 18.2. The van der Waals surface area contributed by atoms with E-state index >= 15 is 0 Å². The molecule has 0 heterocycles. The van der Waals surface area contributed by atoms with Crippen molar-refractivity contribution in [2.75, 3.05) is 0 Å². The summed E-state index contributed by atoms with van der Waals surface area (Å²) in [5.41, 5.74) is 6.15. The number of allylic oxidation sites excluding steroid dienone is 1. The molecule has 0 radical (unpaired) electrons. The average Bonchev–Trinajstić information content (AvgIpc) is 2.73. The summed E-state index contributed by atoms with van der Waals surface area (Å²) in [7, 11) is 0. The molecule has 154 valence electrons. The van der Waals surface area contributed by atoms with Crippen LogP contribution in [0.3, 0.4) is 0 Å². The number of rotatable bonds is 6. The van der Waals surface area contributed by atoms with Crippen LogP contribution in [0.1, 0.15) is 70.8 Å². The third-order valence-corrected chi connectivity index (χ3v) is 5.74. The molecule has 0 saturated heterocycles. The maximum atomic E-state index is 4.61. The molecule has 3 rings (SSSR count). The van der Waals surface area contributed by atoms with Crippen molar-refractivity contribution in [2.45, 2.75) is 71.6 Å². The van der Waals surface area contributed by atoms with Gasteiger partial charge >= 0.3 is 0 Å². The van der Waals surface area contributed by atoms with Gasteiger partial charge in [-0.15, -0.1) is 6.58 Å². The molecular weight excluding hydrogens is 338 g/mol. The number of fused-ring (bicyclic) bond motifs is 1. The Balaban J connectivity index is 0.000000582. The third-order valence-electron chi connectivity index (χ3n) is 5.74. The molecular formula is C27H41N. The van der Waals surface area contributed by atoms with Gasteiger partial charge in [-0.25, -0.2) is 0 Å². The molecule has 1 heteroatoms. The lowest BCUT2D eigenvalue weighted by molar-refractivity contribution is 0.213. The predicted octanol–water partition coefficient (Wildman–Crippen LogP) is 8.05. The lowest BCUT2D eigenvalue weighted by atomic mass is 9.75. The highest BCUT2D eigenvalue weighted by atomic mass is 14.5. The summed E-state index contributed by atoms with van der Waals surface area (Å²) in [5, 5.41) is 2.84. The van der Waals surface area contributed by atoms with Crippen LogP contribution in [0, 0.1) is 11.8 Å². The van der Waals surface area contributed by atoms with Crippen LogP contribution in [0.15, 0.2) is 67.9 Å². The lowest BCUT2D eigenvalue weighted by Gasteiger charge is -2.30. The van der Waals surface area contributed by atoms with E-state index in [0.29, 0.717) is 0 Å². The van der Waals surface area contributed by atoms with Crippen LogP contribution >= 0.6 is 0 Å². The predicted molar refractivity (Wildman–Crippen MR) is 127 cm³/mol. The average molecular weight is 380 g/mol. The molecule has 0 spiro atoms. The highest BCUT2D eigenvalue weighted by molar-refractivity contribution is 5.85. The first-order valence-electron chi connectivity index (χ1n) is 11.1. The first-order chi connectivity index (χ1) is 13.7. The Labute approximate surface area is 173 Å². The molecule has 1 nitrogen and oxygen atoms in total. The number of nitrogens with two attached hydrogens (primary N) is 1. The molecule has 0 amide bonds. The largest absolute Gasteiger partial charge is 0.405 e. The van der Waals surface area contributed by atoms with E-state index in [4.69, 9.17) is 0 Å².